The summed E-state index contributed by atoms with van der Waals surface area (Å²) < 4.78 is 5.56. The summed E-state index contributed by atoms with van der Waals surface area (Å²) in [7, 11) is 1.61. The highest BCUT2D eigenvalue weighted by Gasteiger charge is 2.40. The predicted molar refractivity (Wildman–Crippen MR) is 112 cm³/mol. The number of para-hydroxylation sites is 1. The lowest BCUT2D eigenvalue weighted by Crippen LogP contribution is -2.43. The molecule has 3 aromatic rings. The van der Waals surface area contributed by atoms with Gasteiger partial charge in [-0.2, -0.15) is 0 Å². The molecule has 1 aliphatic rings. The van der Waals surface area contributed by atoms with Gasteiger partial charge >= 0.3 is 0 Å². The van der Waals surface area contributed by atoms with E-state index < -0.39 is 0 Å². The Kier molecular flexibility index (Phi) is 5.43. The molecule has 1 heterocycles. The first-order valence-electron chi connectivity index (χ1n) is 9.76. The molecule has 4 nitrogen and oxygen atoms in total. The summed E-state index contributed by atoms with van der Waals surface area (Å²) in [4.78, 5) is 28.3. The number of benzene rings is 3. The van der Waals surface area contributed by atoms with E-state index in [0.717, 1.165) is 11.1 Å². The lowest BCUT2D eigenvalue weighted by atomic mass is 9.85. The van der Waals surface area contributed by atoms with Gasteiger partial charge in [0.1, 0.15) is 11.5 Å². The van der Waals surface area contributed by atoms with Crippen LogP contribution in [0.5, 0.6) is 5.75 Å². The molecule has 0 spiro atoms. The van der Waals surface area contributed by atoms with Gasteiger partial charge in [0.2, 0.25) is 0 Å². The normalized spacial score (nSPS) is 19.1. The standard InChI is InChI=1S/C25H23NO3/c1-29-24-15-9-8-14-21(24)23-17-20(27)16-22(18-10-4-2-5-11-18)26(23)25(28)19-12-6-3-7-13-19/h2-15,22-23H,16-17H2,1H3/t22-,23+/m0/s1. The van der Waals surface area contributed by atoms with Crippen LogP contribution in [0.2, 0.25) is 0 Å². The maximum atomic E-state index is 13.6. The molecule has 0 unspecified atom stereocenters. The van der Waals surface area contributed by atoms with Crippen LogP contribution in [-0.2, 0) is 4.79 Å². The van der Waals surface area contributed by atoms with Crippen molar-refractivity contribution < 1.29 is 14.3 Å². The van der Waals surface area contributed by atoms with Crippen LogP contribution in [0.15, 0.2) is 84.9 Å². The highest BCUT2D eigenvalue weighted by Crippen LogP contribution is 2.43. The molecular formula is C25H23NO3. The van der Waals surface area contributed by atoms with Crippen molar-refractivity contribution in [1.29, 1.82) is 0 Å². The molecule has 1 aliphatic heterocycles. The van der Waals surface area contributed by atoms with Crippen molar-refractivity contribution >= 4 is 11.7 Å². The number of amides is 1. The molecule has 0 saturated carbocycles. The average Bonchev–Trinajstić information content (AvgIpc) is 2.79. The molecule has 0 bridgehead atoms. The summed E-state index contributed by atoms with van der Waals surface area (Å²) in [5.74, 6) is 0.750. The van der Waals surface area contributed by atoms with Crippen molar-refractivity contribution in [3.05, 3.63) is 102 Å². The van der Waals surface area contributed by atoms with Gasteiger partial charge in [0.05, 0.1) is 19.2 Å². The summed E-state index contributed by atoms with van der Waals surface area (Å²) in [6, 6.07) is 26.0. The third-order valence-corrected chi connectivity index (χ3v) is 5.45. The van der Waals surface area contributed by atoms with E-state index in [2.05, 4.69) is 0 Å². The van der Waals surface area contributed by atoms with E-state index in [1.165, 1.54) is 0 Å². The van der Waals surface area contributed by atoms with Crippen LogP contribution < -0.4 is 4.74 Å². The summed E-state index contributed by atoms with van der Waals surface area (Å²) in [5, 5.41) is 0. The van der Waals surface area contributed by atoms with Gasteiger partial charge in [-0.05, 0) is 23.8 Å². The third kappa shape index (κ3) is 3.79. The van der Waals surface area contributed by atoms with Crippen LogP contribution in [0, 0.1) is 0 Å². The Bertz CT molecular complexity index is 1000. The highest BCUT2D eigenvalue weighted by molar-refractivity contribution is 5.96. The predicted octanol–water partition coefficient (Wildman–Crippen LogP) is 4.98. The Hall–Kier alpha value is -3.40. The van der Waals surface area contributed by atoms with Gasteiger partial charge in [0, 0.05) is 24.0 Å². The molecule has 0 aliphatic carbocycles. The molecule has 29 heavy (non-hydrogen) atoms. The van der Waals surface area contributed by atoms with Crippen LogP contribution >= 0.6 is 0 Å². The van der Waals surface area contributed by atoms with Crippen molar-refractivity contribution in [3.63, 3.8) is 0 Å². The van der Waals surface area contributed by atoms with Gasteiger partial charge in [-0.25, -0.2) is 0 Å². The first-order valence-corrected chi connectivity index (χ1v) is 9.76. The quantitative estimate of drug-likeness (QED) is 0.636. The number of piperidine rings is 1. The second-order valence-electron chi connectivity index (χ2n) is 7.21. The minimum atomic E-state index is -0.384. The van der Waals surface area contributed by atoms with E-state index in [-0.39, 0.29) is 30.2 Å². The molecule has 3 aromatic carbocycles. The molecule has 4 heteroatoms. The SMILES string of the molecule is COc1ccccc1[C@H]1CC(=O)C[C@@H](c2ccccc2)N1C(=O)c1ccccc1. The van der Waals surface area contributed by atoms with Crippen LogP contribution in [0.25, 0.3) is 0 Å². The topological polar surface area (TPSA) is 46.6 Å². The summed E-state index contributed by atoms with van der Waals surface area (Å²) >= 11 is 0. The van der Waals surface area contributed by atoms with Gasteiger partial charge < -0.3 is 9.64 Å². The van der Waals surface area contributed by atoms with E-state index in [1.807, 2.05) is 89.8 Å². The van der Waals surface area contributed by atoms with Gasteiger partial charge in [-0.1, -0.05) is 66.7 Å². The van der Waals surface area contributed by atoms with Crippen molar-refractivity contribution in [1.82, 2.24) is 4.90 Å². The number of ketones is 1. The minimum absolute atomic E-state index is 0.0807. The van der Waals surface area contributed by atoms with Crippen molar-refractivity contribution in [2.75, 3.05) is 7.11 Å². The monoisotopic (exact) mass is 385 g/mol. The molecule has 1 saturated heterocycles. The summed E-state index contributed by atoms with van der Waals surface area (Å²) in [6.07, 6.45) is 0.594. The number of ether oxygens (including phenoxy) is 1. The molecule has 146 valence electrons. The Morgan fingerprint density at radius 1 is 0.828 bits per heavy atom. The smallest absolute Gasteiger partial charge is 0.254 e. The fourth-order valence-electron chi connectivity index (χ4n) is 4.10. The molecule has 0 N–H and O–H groups in total. The zero-order valence-corrected chi connectivity index (χ0v) is 16.3. The van der Waals surface area contributed by atoms with Gasteiger partial charge in [0.15, 0.2) is 0 Å². The Labute approximate surface area is 170 Å². The lowest BCUT2D eigenvalue weighted by molar-refractivity contribution is -0.124. The maximum absolute atomic E-state index is 13.6. The number of rotatable bonds is 4. The zero-order valence-electron chi connectivity index (χ0n) is 16.3. The Morgan fingerprint density at radius 3 is 2.10 bits per heavy atom. The average molecular weight is 385 g/mol. The maximum Gasteiger partial charge on any atom is 0.254 e. The summed E-state index contributed by atoms with van der Waals surface area (Å²) in [6.45, 7) is 0. The zero-order chi connectivity index (χ0) is 20.2. The lowest BCUT2D eigenvalue weighted by Gasteiger charge is -2.42. The van der Waals surface area contributed by atoms with Gasteiger partial charge in [-0.15, -0.1) is 0 Å². The molecule has 4 rings (SSSR count). The number of hydrogen-bond donors (Lipinski definition) is 0. The molecule has 1 amide bonds. The third-order valence-electron chi connectivity index (χ3n) is 5.45. The minimum Gasteiger partial charge on any atom is -0.496 e. The molecule has 1 fully saturated rings. The van der Waals surface area contributed by atoms with E-state index in [1.54, 1.807) is 7.11 Å². The molecule has 2 atom stereocenters. The number of carbonyl (C=O) groups is 2. The van der Waals surface area contributed by atoms with E-state index in [9.17, 15) is 9.59 Å². The Balaban J connectivity index is 1.85. The number of likely N-dealkylation sites (tertiary alicyclic amines) is 1. The second-order valence-corrected chi connectivity index (χ2v) is 7.21. The van der Waals surface area contributed by atoms with Gasteiger partial charge in [-0.3, -0.25) is 9.59 Å². The van der Waals surface area contributed by atoms with Crippen LogP contribution in [0.1, 0.15) is 46.4 Å². The number of Topliss-reactive ketones (excluding diaryl/α,β-unsaturated/α-hetero) is 1. The molecular weight excluding hydrogens is 362 g/mol. The van der Waals surface area contributed by atoms with E-state index in [4.69, 9.17) is 4.74 Å². The molecule has 0 aromatic heterocycles. The van der Waals surface area contributed by atoms with Crippen molar-refractivity contribution in [2.45, 2.75) is 24.9 Å². The highest BCUT2D eigenvalue weighted by atomic mass is 16.5. The summed E-state index contributed by atoms with van der Waals surface area (Å²) in [5.41, 5.74) is 2.43. The number of hydrogen-bond acceptors (Lipinski definition) is 3. The van der Waals surface area contributed by atoms with E-state index >= 15 is 0 Å². The van der Waals surface area contributed by atoms with E-state index in [0.29, 0.717) is 17.7 Å². The fourth-order valence-corrected chi connectivity index (χ4v) is 4.10. The van der Waals surface area contributed by atoms with Crippen LogP contribution in [0.4, 0.5) is 0 Å². The second kappa shape index (κ2) is 8.31. The first-order chi connectivity index (χ1) is 14.2. The van der Waals surface area contributed by atoms with Crippen LogP contribution in [-0.4, -0.2) is 23.7 Å². The first kappa shape index (κ1) is 18.9. The number of nitrogens with zero attached hydrogens (tertiary/aromatic N) is 1. The van der Waals surface area contributed by atoms with Crippen LogP contribution in [0.3, 0.4) is 0 Å². The molecule has 0 radical (unpaired) electrons. The van der Waals surface area contributed by atoms with Crippen molar-refractivity contribution in [3.8, 4) is 5.75 Å². The number of methoxy groups -OCH3 is 1. The van der Waals surface area contributed by atoms with Crippen molar-refractivity contribution in [2.24, 2.45) is 0 Å². The Morgan fingerprint density at radius 2 is 1.41 bits per heavy atom. The van der Waals surface area contributed by atoms with Gasteiger partial charge in [0.25, 0.3) is 5.91 Å². The number of carbonyl (C=O) groups excluding carboxylic acids is 2. The fraction of sp³-hybridized carbons (Fsp3) is 0.200. The largest absolute Gasteiger partial charge is 0.496 e.